The summed E-state index contributed by atoms with van der Waals surface area (Å²) >= 11 is 3.31. The molecule has 0 spiro atoms. The molecular formula is C28H27BrFN3O4S. The standard InChI is InChI=1S/C28H27BrFN3O4S/c1-4-32(5-2)38(36,37)21-10-8-9-20(15-21)33-27(34)23-12-7-6-11-22(23)24(28(33)35)17-31-16-19-13-14-25(29)18(3)26(19)30/h6-15,17,35H,4-5,16H2,1-3H3. The first kappa shape index (κ1) is 27.7. The summed E-state index contributed by atoms with van der Waals surface area (Å²) in [6, 6.07) is 16.0. The summed E-state index contributed by atoms with van der Waals surface area (Å²) in [5.74, 6) is -0.774. The molecule has 1 aromatic heterocycles. The van der Waals surface area contributed by atoms with Crippen LogP contribution in [-0.2, 0) is 16.6 Å². The number of nitrogens with zero attached hydrogens (tertiary/aromatic N) is 3. The highest BCUT2D eigenvalue weighted by atomic mass is 79.9. The third kappa shape index (κ3) is 5.03. The maximum atomic E-state index is 14.6. The van der Waals surface area contributed by atoms with Crippen LogP contribution in [0.15, 0.2) is 79.8 Å². The Morgan fingerprint density at radius 3 is 2.42 bits per heavy atom. The van der Waals surface area contributed by atoms with E-state index in [4.69, 9.17) is 0 Å². The lowest BCUT2D eigenvalue weighted by atomic mass is 10.1. The number of fused-ring (bicyclic) bond motifs is 1. The smallest absolute Gasteiger partial charge is 0.265 e. The average Bonchev–Trinajstić information content (AvgIpc) is 2.91. The summed E-state index contributed by atoms with van der Waals surface area (Å²) in [6.45, 7) is 5.77. The van der Waals surface area contributed by atoms with Gasteiger partial charge in [-0.05, 0) is 42.8 Å². The predicted molar refractivity (Wildman–Crippen MR) is 151 cm³/mol. The van der Waals surface area contributed by atoms with Gasteiger partial charge in [0.05, 0.1) is 22.7 Å². The van der Waals surface area contributed by atoms with E-state index in [9.17, 15) is 22.7 Å². The third-order valence-corrected chi connectivity index (χ3v) is 9.31. The number of aliphatic imine (C=N–C) groups is 1. The molecule has 0 saturated heterocycles. The lowest BCUT2D eigenvalue weighted by Crippen LogP contribution is -2.30. The number of aromatic nitrogens is 1. The van der Waals surface area contributed by atoms with E-state index in [2.05, 4.69) is 20.9 Å². The molecule has 0 atom stereocenters. The molecule has 7 nitrogen and oxygen atoms in total. The van der Waals surface area contributed by atoms with Gasteiger partial charge in [-0.15, -0.1) is 0 Å². The Morgan fingerprint density at radius 2 is 1.74 bits per heavy atom. The summed E-state index contributed by atoms with van der Waals surface area (Å²) in [7, 11) is -3.79. The van der Waals surface area contributed by atoms with E-state index in [1.807, 2.05) is 0 Å². The summed E-state index contributed by atoms with van der Waals surface area (Å²) in [5, 5.41) is 12.1. The van der Waals surface area contributed by atoms with Crippen LogP contribution in [0, 0.1) is 12.7 Å². The van der Waals surface area contributed by atoms with E-state index < -0.39 is 21.5 Å². The fourth-order valence-electron chi connectivity index (χ4n) is 4.30. The fourth-order valence-corrected chi connectivity index (χ4v) is 6.10. The van der Waals surface area contributed by atoms with Gasteiger partial charge in [0.15, 0.2) is 0 Å². The van der Waals surface area contributed by atoms with Gasteiger partial charge < -0.3 is 5.11 Å². The number of pyridine rings is 1. The highest BCUT2D eigenvalue weighted by Crippen LogP contribution is 2.28. The monoisotopic (exact) mass is 599 g/mol. The molecule has 0 fully saturated rings. The third-order valence-electron chi connectivity index (χ3n) is 6.40. The molecular weight excluding hydrogens is 573 g/mol. The quantitative estimate of drug-likeness (QED) is 0.269. The molecule has 4 aromatic rings. The first-order chi connectivity index (χ1) is 18.1. The van der Waals surface area contributed by atoms with Crippen molar-refractivity contribution in [1.29, 1.82) is 0 Å². The van der Waals surface area contributed by atoms with Crippen LogP contribution in [0.3, 0.4) is 0 Å². The van der Waals surface area contributed by atoms with Gasteiger partial charge in [0.1, 0.15) is 5.82 Å². The van der Waals surface area contributed by atoms with E-state index in [-0.39, 0.29) is 28.5 Å². The van der Waals surface area contributed by atoms with Crippen LogP contribution in [0.25, 0.3) is 16.5 Å². The summed E-state index contributed by atoms with van der Waals surface area (Å²) in [5.41, 5.74) is 0.789. The number of rotatable bonds is 8. The molecule has 0 aliphatic carbocycles. The normalized spacial score (nSPS) is 12.2. The van der Waals surface area contributed by atoms with Gasteiger partial charge >= 0.3 is 0 Å². The molecule has 0 aliphatic heterocycles. The number of aromatic hydroxyl groups is 1. The second-order valence-electron chi connectivity index (χ2n) is 8.63. The largest absolute Gasteiger partial charge is 0.494 e. The highest BCUT2D eigenvalue weighted by molar-refractivity contribution is 9.10. The zero-order valence-corrected chi connectivity index (χ0v) is 23.6. The Morgan fingerprint density at radius 1 is 1.05 bits per heavy atom. The average molecular weight is 601 g/mol. The Hall–Kier alpha value is -3.34. The molecule has 198 valence electrons. The number of halogens is 2. The zero-order chi connectivity index (χ0) is 27.6. The topological polar surface area (TPSA) is 92.0 Å². The second-order valence-corrected chi connectivity index (χ2v) is 11.4. The van der Waals surface area contributed by atoms with E-state index in [0.717, 1.165) is 4.57 Å². The molecule has 0 amide bonds. The Bertz CT molecular complexity index is 1710. The van der Waals surface area contributed by atoms with Crippen LogP contribution in [0.2, 0.25) is 0 Å². The lowest BCUT2D eigenvalue weighted by molar-refractivity contribution is 0.435. The molecule has 1 heterocycles. The fraction of sp³-hybridized carbons (Fsp3) is 0.214. The van der Waals surface area contributed by atoms with E-state index in [1.54, 1.807) is 63.2 Å². The van der Waals surface area contributed by atoms with Crippen LogP contribution in [0.4, 0.5) is 4.39 Å². The van der Waals surface area contributed by atoms with Crippen LogP contribution in [0.1, 0.15) is 30.5 Å². The number of hydrogen-bond donors (Lipinski definition) is 1. The van der Waals surface area contributed by atoms with Gasteiger partial charge in [0.25, 0.3) is 5.56 Å². The minimum Gasteiger partial charge on any atom is -0.494 e. The molecule has 10 heteroatoms. The van der Waals surface area contributed by atoms with Crippen molar-refractivity contribution in [2.24, 2.45) is 4.99 Å². The molecule has 4 rings (SSSR count). The van der Waals surface area contributed by atoms with Gasteiger partial charge in [0.2, 0.25) is 15.9 Å². The molecule has 3 aromatic carbocycles. The van der Waals surface area contributed by atoms with Crippen molar-refractivity contribution in [2.45, 2.75) is 32.2 Å². The number of hydrogen-bond acceptors (Lipinski definition) is 5. The Balaban J connectivity index is 1.86. The van der Waals surface area contributed by atoms with Gasteiger partial charge in [-0.25, -0.2) is 17.4 Å². The predicted octanol–water partition coefficient (Wildman–Crippen LogP) is 5.56. The first-order valence-corrected chi connectivity index (χ1v) is 14.3. The Kier molecular flexibility index (Phi) is 8.15. The maximum Gasteiger partial charge on any atom is 0.265 e. The molecule has 0 saturated carbocycles. The molecule has 0 radical (unpaired) electrons. The van der Waals surface area contributed by atoms with Crippen molar-refractivity contribution in [2.75, 3.05) is 13.1 Å². The van der Waals surface area contributed by atoms with Crippen LogP contribution in [0.5, 0.6) is 5.88 Å². The second kappa shape index (κ2) is 11.2. The molecule has 0 aliphatic rings. The van der Waals surface area contributed by atoms with E-state index in [0.29, 0.717) is 39.5 Å². The van der Waals surface area contributed by atoms with Gasteiger partial charge in [-0.2, -0.15) is 4.31 Å². The number of benzene rings is 3. The van der Waals surface area contributed by atoms with Crippen LogP contribution in [-0.4, -0.2) is 41.7 Å². The van der Waals surface area contributed by atoms with Gasteiger partial charge in [-0.3, -0.25) is 9.79 Å². The van der Waals surface area contributed by atoms with Gasteiger partial charge in [0, 0.05) is 40.1 Å². The maximum absolute atomic E-state index is 14.6. The van der Waals surface area contributed by atoms with Crippen molar-refractivity contribution >= 4 is 42.9 Å². The molecule has 0 bridgehead atoms. The number of sulfonamides is 1. The molecule has 1 N–H and O–H groups in total. The van der Waals surface area contributed by atoms with Crippen molar-refractivity contribution in [3.63, 3.8) is 0 Å². The molecule has 38 heavy (non-hydrogen) atoms. The SMILES string of the molecule is CCN(CC)S(=O)(=O)c1cccc(-n2c(O)c(C=NCc3ccc(Br)c(C)c3F)c3ccccc3c2=O)c1. The summed E-state index contributed by atoms with van der Waals surface area (Å²) in [6.07, 6.45) is 1.40. The highest BCUT2D eigenvalue weighted by Gasteiger charge is 2.23. The minimum absolute atomic E-state index is 0.00876. The van der Waals surface area contributed by atoms with Crippen LogP contribution < -0.4 is 5.56 Å². The van der Waals surface area contributed by atoms with Crippen molar-refractivity contribution < 1.29 is 17.9 Å². The van der Waals surface area contributed by atoms with Crippen molar-refractivity contribution in [3.05, 3.63) is 98.0 Å². The lowest BCUT2D eigenvalue weighted by Gasteiger charge is -2.19. The Labute approximate surface area is 229 Å². The van der Waals surface area contributed by atoms with Crippen molar-refractivity contribution in [3.8, 4) is 11.6 Å². The minimum atomic E-state index is -3.79. The van der Waals surface area contributed by atoms with E-state index >= 15 is 0 Å². The van der Waals surface area contributed by atoms with Gasteiger partial charge in [-0.1, -0.05) is 60.1 Å². The first-order valence-electron chi connectivity index (χ1n) is 12.0. The van der Waals surface area contributed by atoms with Crippen LogP contribution >= 0.6 is 15.9 Å². The van der Waals surface area contributed by atoms with Crippen molar-refractivity contribution in [1.82, 2.24) is 8.87 Å². The summed E-state index contributed by atoms with van der Waals surface area (Å²) < 4.78 is 43.9. The zero-order valence-electron chi connectivity index (χ0n) is 21.1. The van der Waals surface area contributed by atoms with E-state index in [1.165, 1.54) is 28.7 Å². The summed E-state index contributed by atoms with van der Waals surface area (Å²) in [4.78, 5) is 17.8. The molecule has 0 unspecified atom stereocenters.